The van der Waals surface area contributed by atoms with E-state index in [4.69, 9.17) is 18.6 Å². The average Bonchev–Trinajstić information content (AvgIpc) is 2.70. The molecule has 1 aromatic carbocycles. The summed E-state index contributed by atoms with van der Waals surface area (Å²) >= 11 is 0. The Hall–Kier alpha value is -1.63. The number of carbonyl (C=O) groups excluding carboxylic acids is 1. The zero-order valence-corrected chi connectivity index (χ0v) is 20.2. The summed E-state index contributed by atoms with van der Waals surface area (Å²) in [5, 5.41) is 0.0279. The molecule has 1 fully saturated rings. The van der Waals surface area contributed by atoms with Gasteiger partial charge in [-0.3, -0.25) is 0 Å². The third kappa shape index (κ3) is 4.81. The first-order chi connectivity index (χ1) is 14.1. The van der Waals surface area contributed by atoms with E-state index < -0.39 is 20.1 Å². The van der Waals surface area contributed by atoms with Crippen LogP contribution in [-0.2, 0) is 30.0 Å². The van der Waals surface area contributed by atoms with Crippen LogP contribution in [-0.4, -0.2) is 33.3 Å². The van der Waals surface area contributed by atoms with Gasteiger partial charge >= 0.3 is 5.97 Å². The lowest BCUT2D eigenvalue weighted by Gasteiger charge is -2.53. The summed E-state index contributed by atoms with van der Waals surface area (Å²) in [5.41, 5.74) is 1.10. The summed E-state index contributed by atoms with van der Waals surface area (Å²) in [7, 11) is -0.785. The van der Waals surface area contributed by atoms with Crippen molar-refractivity contribution in [3.8, 4) is 0 Å². The average molecular weight is 433 g/mol. The lowest BCUT2D eigenvalue weighted by Crippen LogP contribution is -2.60. The van der Waals surface area contributed by atoms with Crippen LogP contribution in [0.25, 0.3) is 0 Å². The molecule has 1 aromatic rings. The van der Waals surface area contributed by atoms with Crippen molar-refractivity contribution in [2.45, 2.75) is 83.1 Å². The van der Waals surface area contributed by atoms with Gasteiger partial charge in [0, 0.05) is 6.42 Å². The maximum atomic E-state index is 12.5. The first-order valence-electron chi connectivity index (χ1n) is 10.9. The topological polar surface area (TPSA) is 54.0 Å². The van der Waals surface area contributed by atoms with E-state index in [1.54, 1.807) is 6.08 Å². The molecule has 0 aromatic heterocycles. The number of esters is 1. The van der Waals surface area contributed by atoms with E-state index in [2.05, 4.69) is 33.9 Å². The zero-order chi connectivity index (χ0) is 22.0. The highest BCUT2D eigenvalue weighted by Crippen LogP contribution is 2.50. The highest BCUT2D eigenvalue weighted by atomic mass is 28.4. The minimum atomic E-state index is -2.16. The largest absolute Gasteiger partial charge is 0.463 e. The van der Waals surface area contributed by atoms with Gasteiger partial charge in [-0.15, -0.1) is 0 Å². The minimum absolute atomic E-state index is 0.0279. The van der Waals surface area contributed by atoms with Gasteiger partial charge < -0.3 is 18.6 Å². The first-order valence-corrected chi connectivity index (χ1v) is 13.8. The van der Waals surface area contributed by atoms with E-state index in [1.165, 1.54) is 7.11 Å². The van der Waals surface area contributed by atoms with E-state index in [9.17, 15) is 4.79 Å². The number of carbonyl (C=O) groups is 1. The Kier molecular flexibility index (Phi) is 6.80. The molecular weight excluding hydrogens is 396 g/mol. The van der Waals surface area contributed by atoms with E-state index in [-0.39, 0.29) is 22.8 Å². The molecule has 166 valence electrons. The van der Waals surface area contributed by atoms with Gasteiger partial charge in [0.15, 0.2) is 8.32 Å². The molecule has 6 heteroatoms. The fourth-order valence-electron chi connectivity index (χ4n) is 4.04. The summed E-state index contributed by atoms with van der Waals surface area (Å²) in [4.78, 5) is 12.5. The molecule has 1 heterocycles. The number of hydrogen-bond acceptors (Lipinski definition) is 5. The Bertz CT molecular complexity index is 768. The predicted molar refractivity (Wildman–Crippen MR) is 119 cm³/mol. The molecular formula is C24H36O5Si. The van der Waals surface area contributed by atoms with Crippen LogP contribution < -0.4 is 0 Å². The fraction of sp³-hybridized carbons (Fsp3) is 0.625. The summed E-state index contributed by atoms with van der Waals surface area (Å²) in [6.07, 6.45) is 5.33. The third-order valence-electron chi connectivity index (χ3n) is 6.76. The molecule has 3 rings (SSSR count). The molecule has 0 saturated heterocycles. The molecule has 0 bridgehead atoms. The molecule has 30 heavy (non-hydrogen) atoms. The maximum Gasteiger partial charge on any atom is 0.373 e. The number of ether oxygens (including phenoxy) is 3. The van der Waals surface area contributed by atoms with Crippen LogP contribution >= 0.6 is 0 Å². The van der Waals surface area contributed by atoms with E-state index >= 15 is 0 Å². The van der Waals surface area contributed by atoms with Crippen LogP contribution in [0, 0.1) is 5.92 Å². The molecule has 1 aliphatic heterocycles. The third-order valence-corrected chi connectivity index (χ3v) is 11.2. The zero-order valence-electron chi connectivity index (χ0n) is 19.2. The lowest BCUT2D eigenvalue weighted by molar-refractivity contribution is -0.251. The molecule has 0 N–H and O–H groups in total. The SMILES string of the molecule is COC(=O)C1=C[C@@H](OCc2ccccc2)[C@@H]2CCCC[C@@]2(O[Si](C)(C)C(C)(C)C)O1. The van der Waals surface area contributed by atoms with Crippen molar-refractivity contribution in [3.05, 3.63) is 47.7 Å². The second kappa shape index (κ2) is 8.85. The van der Waals surface area contributed by atoms with Crippen LogP contribution in [0.1, 0.15) is 52.0 Å². The smallest absolute Gasteiger partial charge is 0.373 e. The monoisotopic (exact) mass is 432 g/mol. The van der Waals surface area contributed by atoms with E-state index in [0.717, 1.165) is 31.2 Å². The number of hydrogen-bond donors (Lipinski definition) is 0. The summed E-state index contributed by atoms with van der Waals surface area (Å²) in [6, 6.07) is 10.1. The highest BCUT2D eigenvalue weighted by Gasteiger charge is 2.56. The standard InChI is InChI=1S/C24H36O5Si/c1-23(2,3)30(5,6)29-24-15-11-10-14-19(24)20(16-21(28-24)22(25)26-4)27-17-18-12-8-7-9-13-18/h7-9,12-13,16,19-20H,10-11,14-15,17H2,1-6H3/t19-,20+,24-/m0/s1. The number of fused-ring (bicyclic) bond motifs is 1. The Labute approximate surface area is 181 Å². The Morgan fingerprint density at radius 3 is 2.53 bits per heavy atom. The molecule has 0 unspecified atom stereocenters. The van der Waals surface area contributed by atoms with Crippen LogP contribution in [0.15, 0.2) is 42.2 Å². The quantitative estimate of drug-likeness (QED) is 0.435. The second-order valence-corrected chi connectivity index (χ2v) is 14.6. The Balaban J connectivity index is 1.94. The van der Waals surface area contributed by atoms with Crippen LogP contribution in [0.4, 0.5) is 0 Å². The number of rotatable bonds is 6. The molecule has 3 atom stereocenters. The van der Waals surface area contributed by atoms with Gasteiger partial charge in [0.2, 0.25) is 11.5 Å². The van der Waals surface area contributed by atoms with Crippen LogP contribution in [0.2, 0.25) is 18.1 Å². The van der Waals surface area contributed by atoms with Gasteiger partial charge in [-0.25, -0.2) is 4.79 Å². The number of methoxy groups -OCH3 is 1. The van der Waals surface area contributed by atoms with Crippen molar-refractivity contribution < 1.29 is 23.4 Å². The van der Waals surface area contributed by atoms with Crippen molar-refractivity contribution in [3.63, 3.8) is 0 Å². The Morgan fingerprint density at radius 2 is 1.90 bits per heavy atom. The molecule has 0 spiro atoms. The molecule has 2 aliphatic rings. The van der Waals surface area contributed by atoms with E-state index in [0.29, 0.717) is 6.61 Å². The van der Waals surface area contributed by atoms with Crippen LogP contribution in [0.5, 0.6) is 0 Å². The van der Waals surface area contributed by atoms with Gasteiger partial charge in [-0.1, -0.05) is 57.5 Å². The van der Waals surface area contributed by atoms with Gasteiger partial charge in [-0.05, 0) is 42.6 Å². The summed E-state index contributed by atoms with van der Waals surface area (Å²) < 4.78 is 24.6. The normalized spacial score (nSPS) is 26.9. The summed E-state index contributed by atoms with van der Waals surface area (Å²) in [6.45, 7) is 11.6. The molecule has 0 radical (unpaired) electrons. The van der Waals surface area contributed by atoms with Crippen LogP contribution in [0.3, 0.4) is 0 Å². The van der Waals surface area contributed by atoms with Gasteiger partial charge in [0.05, 0.1) is 25.7 Å². The van der Waals surface area contributed by atoms with Crippen molar-refractivity contribution >= 4 is 14.3 Å². The second-order valence-electron chi connectivity index (χ2n) is 9.91. The highest BCUT2D eigenvalue weighted by molar-refractivity contribution is 6.74. The van der Waals surface area contributed by atoms with Crippen molar-refractivity contribution in [2.75, 3.05) is 7.11 Å². The minimum Gasteiger partial charge on any atom is -0.463 e. The van der Waals surface area contributed by atoms with Gasteiger partial charge in [-0.2, -0.15) is 0 Å². The summed E-state index contributed by atoms with van der Waals surface area (Å²) in [5.74, 6) is -1.09. The van der Waals surface area contributed by atoms with Crippen molar-refractivity contribution in [1.29, 1.82) is 0 Å². The first kappa shape index (κ1) is 23.0. The number of benzene rings is 1. The predicted octanol–water partition coefficient (Wildman–Crippen LogP) is 5.57. The molecule has 5 nitrogen and oxygen atoms in total. The fourth-order valence-corrected chi connectivity index (χ4v) is 5.51. The molecule has 0 amide bonds. The van der Waals surface area contributed by atoms with Crippen molar-refractivity contribution in [1.82, 2.24) is 0 Å². The van der Waals surface area contributed by atoms with Crippen molar-refractivity contribution in [2.24, 2.45) is 5.92 Å². The van der Waals surface area contributed by atoms with E-state index in [1.807, 2.05) is 30.3 Å². The molecule has 1 aliphatic carbocycles. The van der Waals surface area contributed by atoms with Gasteiger partial charge in [0.1, 0.15) is 0 Å². The van der Waals surface area contributed by atoms with Gasteiger partial charge in [0.25, 0.3) is 0 Å². The Morgan fingerprint density at radius 1 is 1.20 bits per heavy atom. The lowest BCUT2D eigenvalue weighted by atomic mass is 9.78. The molecule has 1 saturated carbocycles. The maximum absolute atomic E-state index is 12.5.